The molecule has 0 saturated carbocycles. The molecule has 1 aromatic heterocycles. The average Bonchev–Trinajstić information content (AvgIpc) is 2.62. The molecule has 0 aliphatic heterocycles. The van der Waals surface area contributed by atoms with Crippen molar-refractivity contribution < 1.29 is 9.53 Å². The number of amides is 1. The summed E-state index contributed by atoms with van der Waals surface area (Å²) in [5.74, 6) is 0.616. The molecule has 0 aliphatic rings. The number of carbonyl (C=O) groups excluding carboxylic acids is 1. The maximum atomic E-state index is 12.5. The summed E-state index contributed by atoms with van der Waals surface area (Å²) >= 11 is 1.81. The lowest BCUT2D eigenvalue weighted by atomic mass is 10.1. The fourth-order valence-corrected chi connectivity index (χ4v) is 3.55. The Morgan fingerprint density at radius 1 is 1.19 bits per heavy atom. The summed E-state index contributed by atoms with van der Waals surface area (Å²) in [5.41, 5.74) is 2.40. The lowest BCUT2D eigenvalue weighted by molar-refractivity contribution is -0.115. The maximum Gasteiger partial charge on any atom is 0.228 e. The standard InChI is InChI=1S/C21H22N2O2S/c1-14(2)26-18-8-6-15(7-9-18)11-20(24)23-19-13-17(25-3)12-16-5-4-10-22-21(16)19/h4-10,12-14H,11H2,1-3H3,(H,23,24). The predicted molar refractivity (Wildman–Crippen MR) is 108 cm³/mol. The molecule has 0 unspecified atom stereocenters. The fourth-order valence-electron chi connectivity index (χ4n) is 2.72. The van der Waals surface area contributed by atoms with E-state index in [1.165, 1.54) is 4.90 Å². The van der Waals surface area contributed by atoms with E-state index in [1.807, 2.05) is 42.1 Å². The Bertz CT molecular complexity index is 908. The van der Waals surface area contributed by atoms with Gasteiger partial charge in [0.25, 0.3) is 0 Å². The minimum Gasteiger partial charge on any atom is -0.497 e. The van der Waals surface area contributed by atoms with Crippen LogP contribution >= 0.6 is 11.8 Å². The van der Waals surface area contributed by atoms with E-state index in [1.54, 1.807) is 19.4 Å². The molecule has 134 valence electrons. The molecule has 4 nitrogen and oxygen atoms in total. The Kier molecular flexibility index (Phi) is 5.78. The number of carbonyl (C=O) groups is 1. The van der Waals surface area contributed by atoms with E-state index in [0.29, 0.717) is 23.1 Å². The number of methoxy groups -OCH3 is 1. The predicted octanol–water partition coefficient (Wildman–Crippen LogP) is 4.93. The molecule has 0 fully saturated rings. The summed E-state index contributed by atoms with van der Waals surface area (Å²) in [6.45, 7) is 4.33. The summed E-state index contributed by atoms with van der Waals surface area (Å²) in [6.07, 6.45) is 2.04. The van der Waals surface area contributed by atoms with Crippen molar-refractivity contribution in [2.24, 2.45) is 0 Å². The summed E-state index contributed by atoms with van der Waals surface area (Å²) in [6, 6.07) is 15.7. The first-order chi connectivity index (χ1) is 12.5. The number of fused-ring (bicyclic) bond motifs is 1. The van der Waals surface area contributed by atoms with Crippen molar-refractivity contribution in [2.75, 3.05) is 12.4 Å². The fraction of sp³-hybridized carbons (Fsp3) is 0.238. The number of pyridine rings is 1. The zero-order valence-corrected chi connectivity index (χ0v) is 16.0. The van der Waals surface area contributed by atoms with Gasteiger partial charge in [-0.1, -0.05) is 32.0 Å². The third-order valence-electron chi connectivity index (χ3n) is 3.85. The van der Waals surface area contributed by atoms with Gasteiger partial charge in [0.2, 0.25) is 5.91 Å². The molecule has 3 rings (SSSR count). The molecule has 1 amide bonds. The lowest BCUT2D eigenvalue weighted by Crippen LogP contribution is -2.15. The van der Waals surface area contributed by atoms with Gasteiger partial charge in [0.15, 0.2) is 0 Å². The number of anilines is 1. The molecule has 1 N–H and O–H groups in total. The topological polar surface area (TPSA) is 51.2 Å². The molecule has 3 aromatic rings. The SMILES string of the molecule is COc1cc(NC(=O)Cc2ccc(SC(C)C)cc2)c2ncccc2c1. The van der Waals surface area contributed by atoms with Crippen molar-refractivity contribution in [1.82, 2.24) is 4.98 Å². The van der Waals surface area contributed by atoms with E-state index >= 15 is 0 Å². The van der Waals surface area contributed by atoms with Crippen molar-refractivity contribution in [2.45, 2.75) is 30.4 Å². The second-order valence-electron chi connectivity index (χ2n) is 6.29. The first-order valence-corrected chi connectivity index (χ1v) is 9.41. The number of nitrogens with one attached hydrogen (secondary N) is 1. The monoisotopic (exact) mass is 366 g/mol. The highest BCUT2D eigenvalue weighted by Crippen LogP contribution is 2.28. The molecule has 0 spiro atoms. The van der Waals surface area contributed by atoms with Gasteiger partial charge in [0, 0.05) is 27.8 Å². The molecule has 0 radical (unpaired) electrons. The number of nitrogens with zero attached hydrogens (tertiary/aromatic N) is 1. The number of aromatic nitrogens is 1. The summed E-state index contributed by atoms with van der Waals surface area (Å²) < 4.78 is 5.33. The zero-order chi connectivity index (χ0) is 18.5. The van der Waals surface area contributed by atoms with Crippen molar-refractivity contribution >= 4 is 34.3 Å². The number of thioether (sulfide) groups is 1. The van der Waals surface area contributed by atoms with Gasteiger partial charge < -0.3 is 10.1 Å². The quantitative estimate of drug-likeness (QED) is 0.629. The van der Waals surface area contributed by atoms with E-state index < -0.39 is 0 Å². The van der Waals surface area contributed by atoms with Gasteiger partial charge in [0.1, 0.15) is 5.75 Å². The minimum absolute atomic E-state index is 0.0746. The second kappa shape index (κ2) is 8.23. The molecular formula is C21H22N2O2S. The van der Waals surface area contributed by atoms with E-state index in [2.05, 4.69) is 36.3 Å². The third-order valence-corrected chi connectivity index (χ3v) is 4.86. The van der Waals surface area contributed by atoms with Crippen LogP contribution in [0.1, 0.15) is 19.4 Å². The second-order valence-corrected chi connectivity index (χ2v) is 7.94. The molecule has 0 atom stereocenters. The Labute approximate surface area is 158 Å². The zero-order valence-electron chi connectivity index (χ0n) is 15.2. The molecule has 1 heterocycles. The molecule has 5 heteroatoms. The van der Waals surface area contributed by atoms with Crippen LogP contribution in [0.2, 0.25) is 0 Å². The van der Waals surface area contributed by atoms with Crippen LogP contribution in [0.5, 0.6) is 5.75 Å². The number of hydrogen-bond donors (Lipinski definition) is 1. The van der Waals surface area contributed by atoms with Crippen molar-refractivity contribution in [3.8, 4) is 5.75 Å². The summed E-state index contributed by atoms with van der Waals surface area (Å²) in [5, 5.41) is 4.44. The highest BCUT2D eigenvalue weighted by Gasteiger charge is 2.10. The normalized spacial score (nSPS) is 10.9. The smallest absolute Gasteiger partial charge is 0.228 e. The van der Waals surface area contributed by atoms with Gasteiger partial charge in [-0.25, -0.2) is 0 Å². The van der Waals surface area contributed by atoms with Gasteiger partial charge in [-0.3, -0.25) is 9.78 Å². The Hall–Kier alpha value is -2.53. The van der Waals surface area contributed by atoms with Gasteiger partial charge >= 0.3 is 0 Å². The Balaban J connectivity index is 1.75. The molecule has 2 aromatic carbocycles. The van der Waals surface area contributed by atoms with Crippen LogP contribution in [-0.2, 0) is 11.2 Å². The van der Waals surface area contributed by atoms with E-state index in [9.17, 15) is 4.79 Å². The van der Waals surface area contributed by atoms with E-state index in [-0.39, 0.29) is 5.91 Å². The Morgan fingerprint density at radius 2 is 1.96 bits per heavy atom. The number of rotatable bonds is 6. The molecular weight excluding hydrogens is 344 g/mol. The van der Waals surface area contributed by atoms with Gasteiger partial charge in [0.05, 0.1) is 24.7 Å². The van der Waals surface area contributed by atoms with Gasteiger partial charge in [-0.05, 0) is 29.8 Å². The summed E-state index contributed by atoms with van der Waals surface area (Å²) in [7, 11) is 1.61. The average molecular weight is 366 g/mol. The van der Waals surface area contributed by atoms with Crippen LogP contribution in [0.25, 0.3) is 10.9 Å². The molecule has 0 saturated heterocycles. The highest BCUT2D eigenvalue weighted by atomic mass is 32.2. The van der Waals surface area contributed by atoms with Crippen molar-refractivity contribution in [3.63, 3.8) is 0 Å². The first kappa shape index (κ1) is 18.3. The molecule has 0 bridgehead atoms. The van der Waals surface area contributed by atoms with Crippen LogP contribution in [-0.4, -0.2) is 23.3 Å². The van der Waals surface area contributed by atoms with Crippen molar-refractivity contribution in [1.29, 1.82) is 0 Å². The van der Waals surface area contributed by atoms with Crippen LogP contribution in [0.15, 0.2) is 59.6 Å². The minimum atomic E-state index is -0.0746. The number of hydrogen-bond acceptors (Lipinski definition) is 4. The van der Waals surface area contributed by atoms with Crippen LogP contribution in [0, 0.1) is 0 Å². The first-order valence-electron chi connectivity index (χ1n) is 8.53. The van der Waals surface area contributed by atoms with E-state index in [4.69, 9.17) is 4.74 Å². The highest BCUT2D eigenvalue weighted by molar-refractivity contribution is 7.99. The lowest BCUT2D eigenvalue weighted by Gasteiger charge is -2.11. The van der Waals surface area contributed by atoms with Gasteiger partial charge in [-0.15, -0.1) is 11.8 Å². The van der Waals surface area contributed by atoms with Gasteiger partial charge in [-0.2, -0.15) is 0 Å². The summed E-state index contributed by atoms with van der Waals surface area (Å²) in [4.78, 5) is 18.1. The Morgan fingerprint density at radius 3 is 2.65 bits per heavy atom. The third kappa shape index (κ3) is 4.55. The van der Waals surface area contributed by atoms with Crippen LogP contribution in [0.3, 0.4) is 0 Å². The largest absolute Gasteiger partial charge is 0.497 e. The maximum absolute atomic E-state index is 12.5. The van der Waals surface area contributed by atoms with Crippen molar-refractivity contribution in [3.05, 3.63) is 60.3 Å². The van der Waals surface area contributed by atoms with Crippen LogP contribution < -0.4 is 10.1 Å². The molecule has 0 aliphatic carbocycles. The van der Waals surface area contributed by atoms with E-state index in [0.717, 1.165) is 16.5 Å². The van der Waals surface area contributed by atoms with Crippen LogP contribution in [0.4, 0.5) is 5.69 Å². The number of benzene rings is 2. The number of ether oxygens (including phenoxy) is 1. The molecule has 26 heavy (non-hydrogen) atoms.